The van der Waals surface area contributed by atoms with Crippen LogP contribution in [-0.2, 0) is 9.47 Å². The number of hydrogen-bond acceptors (Lipinski definition) is 3. The average molecular weight is 129 g/mol. The van der Waals surface area contributed by atoms with Crippen LogP contribution in [0.3, 0.4) is 0 Å². The van der Waals surface area contributed by atoms with E-state index in [1.165, 1.54) is 14.2 Å². The van der Waals surface area contributed by atoms with Crippen molar-refractivity contribution in [1.82, 2.24) is 0 Å². The molecule has 0 aliphatic rings. The molecular weight excluding hydrogens is 118 g/mol. The molecule has 0 amide bonds. The molecule has 9 heavy (non-hydrogen) atoms. The van der Waals surface area contributed by atoms with E-state index in [1.807, 2.05) is 0 Å². The highest BCUT2D eigenvalue weighted by molar-refractivity contribution is 4.98. The predicted molar refractivity (Wildman–Crippen MR) is 34.6 cm³/mol. The first-order valence-electron chi connectivity index (χ1n) is 2.53. The van der Waals surface area contributed by atoms with E-state index in [0.29, 0.717) is 0 Å². The lowest BCUT2D eigenvalue weighted by Gasteiger charge is -2.15. The topological polar surface area (TPSA) is 44.5 Å². The molecule has 3 nitrogen and oxygen atoms in total. The summed E-state index contributed by atoms with van der Waals surface area (Å²) < 4.78 is 9.52. The highest BCUT2D eigenvalue weighted by Crippen LogP contribution is 1.93. The van der Waals surface area contributed by atoms with E-state index >= 15 is 0 Å². The first kappa shape index (κ1) is 8.44. The van der Waals surface area contributed by atoms with Crippen LogP contribution >= 0.6 is 0 Å². The molecule has 0 saturated heterocycles. The standard InChI is InChI=1S/C6H11NO2/c1-4-5(7)6(8-2)9-3/h1,5-6H,7H2,2-3H3. The summed E-state index contributed by atoms with van der Waals surface area (Å²) in [7, 11) is 2.98. The van der Waals surface area contributed by atoms with Gasteiger partial charge < -0.3 is 15.2 Å². The lowest BCUT2D eigenvalue weighted by atomic mass is 10.3. The number of terminal acetylenes is 1. The summed E-state index contributed by atoms with van der Waals surface area (Å²) in [4.78, 5) is 0. The normalized spacial score (nSPS) is 13.2. The van der Waals surface area contributed by atoms with Crippen LogP contribution in [0, 0.1) is 12.3 Å². The Balaban J connectivity index is 3.67. The van der Waals surface area contributed by atoms with Crippen LogP contribution in [0.5, 0.6) is 0 Å². The first-order valence-corrected chi connectivity index (χ1v) is 2.53. The van der Waals surface area contributed by atoms with Gasteiger partial charge in [-0.3, -0.25) is 0 Å². The van der Waals surface area contributed by atoms with Crippen molar-refractivity contribution in [1.29, 1.82) is 0 Å². The van der Waals surface area contributed by atoms with Crippen molar-refractivity contribution in [2.24, 2.45) is 5.73 Å². The quantitative estimate of drug-likeness (QED) is 0.415. The maximum atomic E-state index is 5.35. The number of hydrogen-bond donors (Lipinski definition) is 1. The second-order valence-electron chi connectivity index (χ2n) is 1.53. The van der Waals surface area contributed by atoms with Crippen LogP contribution in [0.25, 0.3) is 0 Å². The van der Waals surface area contributed by atoms with Crippen LogP contribution < -0.4 is 5.73 Å². The molecule has 0 radical (unpaired) electrons. The Hall–Kier alpha value is -0.560. The van der Waals surface area contributed by atoms with Crippen molar-refractivity contribution >= 4 is 0 Å². The van der Waals surface area contributed by atoms with E-state index in [4.69, 9.17) is 21.6 Å². The van der Waals surface area contributed by atoms with E-state index in [0.717, 1.165) is 0 Å². The third kappa shape index (κ3) is 2.47. The zero-order valence-corrected chi connectivity index (χ0v) is 5.63. The Morgan fingerprint density at radius 2 is 1.89 bits per heavy atom. The number of rotatable bonds is 3. The number of ether oxygens (including phenoxy) is 2. The number of methoxy groups -OCH3 is 2. The minimum atomic E-state index is -0.491. The fraction of sp³-hybridized carbons (Fsp3) is 0.667. The summed E-state index contributed by atoms with van der Waals surface area (Å²) in [5.74, 6) is 2.29. The maximum absolute atomic E-state index is 5.35. The molecule has 1 unspecified atom stereocenters. The summed E-state index contributed by atoms with van der Waals surface area (Å²) in [6, 6.07) is -0.486. The molecule has 0 aliphatic heterocycles. The smallest absolute Gasteiger partial charge is 0.183 e. The molecule has 0 saturated carbocycles. The lowest BCUT2D eigenvalue weighted by molar-refractivity contribution is -0.106. The minimum absolute atomic E-state index is 0.486. The van der Waals surface area contributed by atoms with E-state index in [-0.39, 0.29) is 0 Å². The van der Waals surface area contributed by atoms with Crippen LogP contribution in [0.4, 0.5) is 0 Å². The van der Waals surface area contributed by atoms with Gasteiger partial charge in [0.05, 0.1) is 0 Å². The molecular formula is C6H11NO2. The monoisotopic (exact) mass is 129 g/mol. The Morgan fingerprint density at radius 3 is 2.00 bits per heavy atom. The Kier molecular flexibility index (Phi) is 4.06. The average Bonchev–Trinajstić information content (AvgIpc) is 1.90. The highest BCUT2D eigenvalue weighted by atomic mass is 16.7. The van der Waals surface area contributed by atoms with Gasteiger partial charge in [0.2, 0.25) is 0 Å². The molecule has 0 aromatic rings. The minimum Gasteiger partial charge on any atom is -0.353 e. The number of nitrogens with two attached hydrogens (primary N) is 1. The van der Waals surface area contributed by atoms with Crippen LogP contribution in [0.1, 0.15) is 0 Å². The van der Waals surface area contributed by atoms with Crippen molar-refractivity contribution in [2.75, 3.05) is 14.2 Å². The van der Waals surface area contributed by atoms with Crippen LogP contribution in [0.15, 0.2) is 0 Å². The predicted octanol–water partition coefficient (Wildman–Crippen LogP) is -0.434. The van der Waals surface area contributed by atoms with Crippen LogP contribution in [0.2, 0.25) is 0 Å². The molecule has 0 aromatic carbocycles. The van der Waals surface area contributed by atoms with Crippen molar-refractivity contribution in [2.45, 2.75) is 12.3 Å². The zero-order valence-electron chi connectivity index (χ0n) is 5.63. The third-order valence-electron chi connectivity index (χ3n) is 0.950. The maximum Gasteiger partial charge on any atom is 0.183 e. The first-order chi connectivity index (χ1) is 4.26. The van der Waals surface area contributed by atoms with E-state index in [2.05, 4.69) is 5.92 Å². The molecule has 0 rings (SSSR count). The summed E-state index contributed by atoms with van der Waals surface area (Å²) in [5.41, 5.74) is 5.35. The molecule has 0 aliphatic carbocycles. The largest absolute Gasteiger partial charge is 0.353 e. The van der Waals surface area contributed by atoms with E-state index in [1.54, 1.807) is 0 Å². The Morgan fingerprint density at radius 1 is 1.44 bits per heavy atom. The van der Waals surface area contributed by atoms with Gasteiger partial charge in [-0.2, -0.15) is 0 Å². The fourth-order valence-corrected chi connectivity index (χ4v) is 0.468. The second kappa shape index (κ2) is 4.33. The highest BCUT2D eigenvalue weighted by Gasteiger charge is 2.11. The van der Waals surface area contributed by atoms with Gasteiger partial charge in [0, 0.05) is 14.2 Å². The van der Waals surface area contributed by atoms with Gasteiger partial charge in [-0.05, 0) is 0 Å². The summed E-state index contributed by atoms with van der Waals surface area (Å²) in [5, 5.41) is 0. The summed E-state index contributed by atoms with van der Waals surface area (Å²) >= 11 is 0. The SMILES string of the molecule is C#CC(N)C(OC)OC. The van der Waals surface area contributed by atoms with Crippen molar-refractivity contribution in [3.63, 3.8) is 0 Å². The Bertz CT molecular complexity index is 104. The molecule has 0 fully saturated rings. The molecule has 0 aromatic heterocycles. The van der Waals surface area contributed by atoms with Gasteiger partial charge in [-0.15, -0.1) is 6.42 Å². The third-order valence-corrected chi connectivity index (χ3v) is 0.950. The van der Waals surface area contributed by atoms with Crippen LogP contribution in [-0.4, -0.2) is 26.6 Å². The van der Waals surface area contributed by atoms with Gasteiger partial charge in [-0.1, -0.05) is 5.92 Å². The zero-order chi connectivity index (χ0) is 7.28. The molecule has 0 spiro atoms. The van der Waals surface area contributed by atoms with E-state index in [9.17, 15) is 0 Å². The van der Waals surface area contributed by atoms with Gasteiger partial charge >= 0.3 is 0 Å². The van der Waals surface area contributed by atoms with E-state index < -0.39 is 12.3 Å². The van der Waals surface area contributed by atoms with Gasteiger partial charge in [-0.25, -0.2) is 0 Å². The van der Waals surface area contributed by atoms with Crippen molar-refractivity contribution in [3.8, 4) is 12.3 Å². The molecule has 0 bridgehead atoms. The Labute approximate surface area is 55.1 Å². The van der Waals surface area contributed by atoms with Gasteiger partial charge in [0.1, 0.15) is 6.04 Å². The fourth-order valence-electron chi connectivity index (χ4n) is 0.468. The summed E-state index contributed by atoms with van der Waals surface area (Å²) in [6.45, 7) is 0. The molecule has 1 atom stereocenters. The molecule has 2 N–H and O–H groups in total. The summed E-state index contributed by atoms with van der Waals surface area (Å²) in [6.07, 6.45) is 4.50. The van der Waals surface area contributed by atoms with Crippen molar-refractivity contribution in [3.05, 3.63) is 0 Å². The van der Waals surface area contributed by atoms with Gasteiger partial charge in [0.15, 0.2) is 6.29 Å². The van der Waals surface area contributed by atoms with Gasteiger partial charge in [0.25, 0.3) is 0 Å². The van der Waals surface area contributed by atoms with Crippen molar-refractivity contribution < 1.29 is 9.47 Å². The lowest BCUT2D eigenvalue weighted by Crippen LogP contribution is -2.35. The molecule has 0 heterocycles. The molecule has 52 valence electrons. The molecule has 3 heteroatoms. The second-order valence-corrected chi connectivity index (χ2v) is 1.53.